The van der Waals surface area contributed by atoms with Crippen LogP contribution in [0.1, 0.15) is 15.9 Å². The molecule has 2 aromatic carbocycles. The molecule has 4 nitrogen and oxygen atoms in total. The molecule has 0 aliphatic rings. The van der Waals surface area contributed by atoms with E-state index in [1.54, 1.807) is 18.2 Å². The number of carbonyl (C=O) groups is 1. The molecule has 0 unspecified atom stereocenters. The van der Waals surface area contributed by atoms with Gasteiger partial charge in [-0.15, -0.1) is 0 Å². The molecule has 0 bridgehead atoms. The van der Waals surface area contributed by atoms with Crippen LogP contribution in [0.5, 0.6) is 0 Å². The molecule has 0 radical (unpaired) electrons. The maximum Gasteiger partial charge on any atom is 0.255 e. The van der Waals surface area contributed by atoms with Crippen molar-refractivity contribution in [1.29, 1.82) is 0 Å². The normalized spacial score (nSPS) is 10.3. The van der Waals surface area contributed by atoms with Crippen molar-refractivity contribution in [1.82, 2.24) is 0 Å². The van der Waals surface area contributed by atoms with Crippen molar-refractivity contribution in [2.75, 3.05) is 17.7 Å². The van der Waals surface area contributed by atoms with Crippen LogP contribution in [-0.4, -0.2) is 17.6 Å². The number of aliphatic hydroxyl groups is 1. The van der Waals surface area contributed by atoms with Crippen LogP contribution in [0.25, 0.3) is 0 Å². The van der Waals surface area contributed by atoms with Gasteiger partial charge in [-0.3, -0.25) is 4.79 Å². The SMILES string of the molecule is Nc1cc(Br)cc(C(=O)Nc2ccc(CCO)cc2)c1. The van der Waals surface area contributed by atoms with E-state index in [4.69, 9.17) is 10.8 Å². The van der Waals surface area contributed by atoms with E-state index in [2.05, 4.69) is 21.2 Å². The first kappa shape index (κ1) is 14.6. The maximum absolute atomic E-state index is 12.1. The van der Waals surface area contributed by atoms with E-state index in [0.29, 0.717) is 23.4 Å². The molecule has 0 heterocycles. The topological polar surface area (TPSA) is 75.4 Å². The summed E-state index contributed by atoms with van der Waals surface area (Å²) in [5.41, 5.74) is 8.47. The minimum Gasteiger partial charge on any atom is -0.399 e. The molecule has 0 saturated heterocycles. The zero-order valence-corrected chi connectivity index (χ0v) is 12.4. The Morgan fingerprint density at radius 2 is 1.90 bits per heavy atom. The number of nitrogens with two attached hydrogens (primary N) is 1. The fourth-order valence-corrected chi connectivity index (χ4v) is 2.34. The summed E-state index contributed by atoms with van der Waals surface area (Å²) in [6.45, 7) is 0.114. The third-order valence-corrected chi connectivity index (χ3v) is 3.25. The second-order valence-corrected chi connectivity index (χ2v) is 5.31. The molecule has 104 valence electrons. The molecule has 0 aromatic heterocycles. The molecule has 0 atom stereocenters. The van der Waals surface area contributed by atoms with Gasteiger partial charge in [0.2, 0.25) is 0 Å². The van der Waals surface area contributed by atoms with Crippen molar-refractivity contribution >= 4 is 33.2 Å². The number of rotatable bonds is 4. The summed E-state index contributed by atoms with van der Waals surface area (Å²) in [5, 5.41) is 11.7. The summed E-state index contributed by atoms with van der Waals surface area (Å²) in [7, 11) is 0. The Balaban J connectivity index is 2.10. The summed E-state index contributed by atoms with van der Waals surface area (Å²) in [5.74, 6) is -0.215. The summed E-state index contributed by atoms with van der Waals surface area (Å²) in [6.07, 6.45) is 0.608. The standard InChI is InChI=1S/C15H15BrN2O2/c16-12-7-11(8-13(17)9-12)15(20)18-14-3-1-10(2-4-14)5-6-19/h1-4,7-9,19H,5-6,17H2,(H,18,20). The molecule has 0 spiro atoms. The smallest absolute Gasteiger partial charge is 0.255 e. The summed E-state index contributed by atoms with van der Waals surface area (Å²) in [4.78, 5) is 12.1. The summed E-state index contributed by atoms with van der Waals surface area (Å²) >= 11 is 3.31. The molecule has 0 aliphatic heterocycles. The quantitative estimate of drug-likeness (QED) is 0.752. The predicted molar refractivity (Wildman–Crippen MR) is 83.7 cm³/mol. The van der Waals surface area contributed by atoms with Crippen molar-refractivity contribution in [3.8, 4) is 0 Å². The third kappa shape index (κ3) is 3.82. The number of anilines is 2. The molecule has 0 fully saturated rings. The van der Waals surface area contributed by atoms with Crippen molar-refractivity contribution in [2.45, 2.75) is 6.42 Å². The molecule has 5 heteroatoms. The van der Waals surface area contributed by atoms with Crippen molar-refractivity contribution in [2.24, 2.45) is 0 Å². The first-order valence-corrected chi connectivity index (χ1v) is 6.95. The van der Waals surface area contributed by atoms with Crippen LogP contribution in [0, 0.1) is 0 Å². The number of hydrogen-bond acceptors (Lipinski definition) is 3. The highest BCUT2D eigenvalue weighted by Gasteiger charge is 2.07. The van der Waals surface area contributed by atoms with Crippen LogP contribution in [0.15, 0.2) is 46.9 Å². The molecule has 2 rings (SSSR count). The predicted octanol–water partition coefficient (Wildman–Crippen LogP) is 2.82. The Morgan fingerprint density at radius 3 is 2.50 bits per heavy atom. The van der Waals surface area contributed by atoms with Crippen LogP contribution in [0.3, 0.4) is 0 Å². The monoisotopic (exact) mass is 334 g/mol. The Morgan fingerprint density at radius 1 is 1.20 bits per heavy atom. The first-order chi connectivity index (χ1) is 9.58. The number of nitrogen functional groups attached to an aromatic ring is 1. The number of halogens is 1. The molecular weight excluding hydrogens is 320 g/mol. The summed E-state index contributed by atoms with van der Waals surface area (Å²) in [6, 6.07) is 12.4. The van der Waals surface area contributed by atoms with E-state index in [9.17, 15) is 4.79 Å². The van der Waals surface area contributed by atoms with Crippen LogP contribution >= 0.6 is 15.9 Å². The average Bonchev–Trinajstić information content (AvgIpc) is 2.40. The Kier molecular flexibility index (Phi) is 4.76. The molecule has 20 heavy (non-hydrogen) atoms. The van der Waals surface area contributed by atoms with E-state index >= 15 is 0 Å². The van der Waals surface area contributed by atoms with Gasteiger partial charge in [0.25, 0.3) is 5.91 Å². The van der Waals surface area contributed by atoms with Gasteiger partial charge in [-0.05, 0) is 42.3 Å². The van der Waals surface area contributed by atoms with Crippen molar-refractivity contribution in [3.63, 3.8) is 0 Å². The zero-order chi connectivity index (χ0) is 14.5. The lowest BCUT2D eigenvalue weighted by atomic mass is 10.1. The van der Waals surface area contributed by atoms with Crippen LogP contribution in [-0.2, 0) is 6.42 Å². The van der Waals surface area contributed by atoms with Gasteiger partial charge in [0.1, 0.15) is 0 Å². The van der Waals surface area contributed by atoms with Crippen molar-refractivity contribution in [3.05, 3.63) is 58.1 Å². The highest BCUT2D eigenvalue weighted by atomic mass is 79.9. The van der Waals surface area contributed by atoms with E-state index in [1.807, 2.05) is 24.3 Å². The van der Waals surface area contributed by atoms with Gasteiger partial charge in [-0.2, -0.15) is 0 Å². The van der Waals surface area contributed by atoms with Crippen molar-refractivity contribution < 1.29 is 9.90 Å². The number of carbonyl (C=O) groups excluding carboxylic acids is 1. The molecule has 2 aromatic rings. The van der Waals surface area contributed by atoms with E-state index in [0.717, 1.165) is 10.0 Å². The maximum atomic E-state index is 12.1. The van der Waals surface area contributed by atoms with E-state index in [1.165, 1.54) is 0 Å². The summed E-state index contributed by atoms with van der Waals surface area (Å²) < 4.78 is 0.765. The number of aliphatic hydroxyl groups excluding tert-OH is 1. The number of benzene rings is 2. The highest BCUT2D eigenvalue weighted by Crippen LogP contribution is 2.19. The fraction of sp³-hybridized carbons (Fsp3) is 0.133. The average molecular weight is 335 g/mol. The minimum absolute atomic E-state index is 0.114. The molecular formula is C15H15BrN2O2. The first-order valence-electron chi connectivity index (χ1n) is 6.15. The van der Waals surface area contributed by atoms with Crippen LogP contribution in [0.4, 0.5) is 11.4 Å². The van der Waals surface area contributed by atoms with Gasteiger partial charge in [0, 0.05) is 28.0 Å². The van der Waals surface area contributed by atoms with Gasteiger partial charge in [-0.25, -0.2) is 0 Å². The second kappa shape index (κ2) is 6.54. The zero-order valence-electron chi connectivity index (χ0n) is 10.8. The molecule has 0 saturated carbocycles. The number of nitrogens with one attached hydrogen (secondary N) is 1. The van der Waals surface area contributed by atoms with Gasteiger partial charge in [0.05, 0.1) is 0 Å². The number of hydrogen-bond donors (Lipinski definition) is 3. The fourth-order valence-electron chi connectivity index (χ4n) is 1.83. The molecule has 1 amide bonds. The van der Waals surface area contributed by atoms with E-state index in [-0.39, 0.29) is 12.5 Å². The molecule has 0 aliphatic carbocycles. The molecule has 4 N–H and O–H groups in total. The lowest BCUT2D eigenvalue weighted by Crippen LogP contribution is -2.12. The minimum atomic E-state index is -0.215. The van der Waals surface area contributed by atoms with Gasteiger partial charge in [-0.1, -0.05) is 28.1 Å². The third-order valence-electron chi connectivity index (χ3n) is 2.79. The van der Waals surface area contributed by atoms with Crippen LogP contribution < -0.4 is 11.1 Å². The second-order valence-electron chi connectivity index (χ2n) is 4.40. The van der Waals surface area contributed by atoms with Crippen LogP contribution in [0.2, 0.25) is 0 Å². The number of amides is 1. The Labute approximate surface area is 125 Å². The van der Waals surface area contributed by atoms with Gasteiger partial charge < -0.3 is 16.2 Å². The lowest BCUT2D eigenvalue weighted by Gasteiger charge is -2.07. The largest absolute Gasteiger partial charge is 0.399 e. The van der Waals surface area contributed by atoms with Gasteiger partial charge in [0.15, 0.2) is 0 Å². The lowest BCUT2D eigenvalue weighted by molar-refractivity contribution is 0.102. The Hall–Kier alpha value is -1.85. The highest BCUT2D eigenvalue weighted by molar-refractivity contribution is 9.10. The van der Waals surface area contributed by atoms with Gasteiger partial charge >= 0.3 is 0 Å². The Bertz CT molecular complexity index is 592. The van der Waals surface area contributed by atoms with E-state index < -0.39 is 0 Å².